The van der Waals surface area contributed by atoms with Gasteiger partial charge in [-0.25, -0.2) is 8.78 Å². The van der Waals surface area contributed by atoms with Crippen LogP contribution in [0.2, 0.25) is 0 Å². The molecule has 1 N–H and O–H groups in total. The first-order chi connectivity index (χ1) is 9.06. The molecule has 0 saturated heterocycles. The Morgan fingerprint density at radius 2 is 1.74 bits per heavy atom. The summed E-state index contributed by atoms with van der Waals surface area (Å²) in [5.41, 5.74) is 0.669. The maximum atomic E-state index is 13.2. The molecule has 1 nitrogen and oxygen atoms in total. The molecule has 3 heteroatoms. The molecular formula is C16H25F2N. The largest absolute Gasteiger partial charge is 0.310 e. The number of rotatable bonds is 8. The zero-order valence-electron chi connectivity index (χ0n) is 12.2. The van der Waals surface area contributed by atoms with Crippen molar-refractivity contribution < 1.29 is 8.78 Å². The predicted molar refractivity (Wildman–Crippen MR) is 76.1 cm³/mol. The summed E-state index contributed by atoms with van der Waals surface area (Å²) >= 11 is 0. The van der Waals surface area contributed by atoms with Gasteiger partial charge in [-0.05, 0) is 43.5 Å². The Kier molecular flexibility index (Phi) is 7.00. The maximum absolute atomic E-state index is 13.2. The molecule has 0 spiro atoms. The SMILES string of the molecule is CCCCC(CC)CNC(C)c1cc(F)cc(F)c1. The molecule has 108 valence electrons. The van der Waals surface area contributed by atoms with Crippen molar-refractivity contribution in [3.8, 4) is 0 Å². The Hall–Kier alpha value is -0.960. The maximum Gasteiger partial charge on any atom is 0.126 e. The van der Waals surface area contributed by atoms with E-state index < -0.39 is 11.6 Å². The third kappa shape index (κ3) is 5.68. The monoisotopic (exact) mass is 269 g/mol. The molecule has 0 amide bonds. The molecule has 0 radical (unpaired) electrons. The van der Waals surface area contributed by atoms with Crippen molar-refractivity contribution in [2.45, 2.75) is 52.5 Å². The summed E-state index contributed by atoms with van der Waals surface area (Å²) in [5, 5.41) is 3.38. The topological polar surface area (TPSA) is 12.0 Å². The van der Waals surface area contributed by atoms with Gasteiger partial charge in [0.05, 0.1) is 0 Å². The molecule has 0 aliphatic carbocycles. The van der Waals surface area contributed by atoms with E-state index in [2.05, 4.69) is 19.2 Å². The summed E-state index contributed by atoms with van der Waals surface area (Å²) in [7, 11) is 0. The lowest BCUT2D eigenvalue weighted by Crippen LogP contribution is -2.25. The van der Waals surface area contributed by atoms with Gasteiger partial charge in [0.2, 0.25) is 0 Å². The second-order valence-electron chi connectivity index (χ2n) is 5.25. The Morgan fingerprint density at radius 3 is 2.26 bits per heavy atom. The van der Waals surface area contributed by atoms with Crippen LogP contribution in [0.3, 0.4) is 0 Å². The molecule has 1 rings (SSSR count). The van der Waals surface area contributed by atoms with Crippen LogP contribution in [0.1, 0.15) is 58.1 Å². The predicted octanol–water partition coefficient (Wildman–Crippen LogP) is 4.83. The van der Waals surface area contributed by atoms with E-state index in [0.717, 1.165) is 19.0 Å². The standard InChI is InChI=1S/C16H25F2N/c1-4-6-7-13(5-2)11-19-12(3)14-8-15(17)10-16(18)9-14/h8-10,12-13,19H,4-7,11H2,1-3H3. The average molecular weight is 269 g/mol. The molecule has 0 bridgehead atoms. The third-order valence-electron chi connectivity index (χ3n) is 3.64. The summed E-state index contributed by atoms with van der Waals surface area (Å²) in [6, 6.07) is 3.68. The Morgan fingerprint density at radius 1 is 1.11 bits per heavy atom. The molecule has 19 heavy (non-hydrogen) atoms. The van der Waals surface area contributed by atoms with Gasteiger partial charge >= 0.3 is 0 Å². The number of hydrogen-bond donors (Lipinski definition) is 1. The van der Waals surface area contributed by atoms with Crippen molar-refractivity contribution in [1.82, 2.24) is 5.32 Å². The van der Waals surface area contributed by atoms with Gasteiger partial charge in [-0.2, -0.15) is 0 Å². The van der Waals surface area contributed by atoms with Gasteiger partial charge in [0.1, 0.15) is 11.6 Å². The highest BCUT2D eigenvalue weighted by Gasteiger charge is 2.11. The summed E-state index contributed by atoms with van der Waals surface area (Å²) in [6.07, 6.45) is 4.80. The van der Waals surface area contributed by atoms with Crippen molar-refractivity contribution in [3.63, 3.8) is 0 Å². The minimum absolute atomic E-state index is 0.0270. The van der Waals surface area contributed by atoms with Crippen LogP contribution in [0.25, 0.3) is 0 Å². The fraction of sp³-hybridized carbons (Fsp3) is 0.625. The van der Waals surface area contributed by atoms with E-state index in [4.69, 9.17) is 0 Å². The Balaban J connectivity index is 2.51. The lowest BCUT2D eigenvalue weighted by atomic mass is 9.98. The summed E-state index contributed by atoms with van der Waals surface area (Å²) in [6.45, 7) is 7.23. The highest BCUT2D eigenvalue weighted by molar-refractivity contribution is 5.20. The van der Waals surface area contributed by atoms with Gasteiger partial charge in [-0.3, -0.25) is 0 Å². The lowest BCUT2D eigenvalue weighted by molar-refractivity contribution is 0.397. The van der Waals surface area contributed by atoms with Crippen molar-refractivity contribution in [2.75, 3.05) is 6.54 Å². The Labute approximate surface area is 115 Å². The van der Waals surface area contributed by atoms with E-state index in [1.165, 1.54) is 31.4 Å². The van der Waals surface area contributed by atoms with Gasteiger partial charge in [0.15, 0.2) is 0 Å². The smallest absolute Gasteiger partial charge is 0.126 e. The molecule has 0 saturated carbocycles. The molecule has 0 aliphatic rings. The number of nitrogens with one attached hydrogen (secondary N) is 1. The molecule has 0 heterocycles. The van der Waals surface area contributed by atoms with Gasteiger partial charge in [0.25, 0.3) is 0 Å². The fourth-order valence-corrected chi connectivity index (χ4v) is 2.23. The highest BCUT2D eigenvalue weighted by atomic mass is 19.1. The second kappa shape index (κ2) is 8.26. The first-order valence-electron chi connectivity index (χ1n) is 7.26. The first-order valence-corrected chi connectivity index (χ1v) is 7.26. The molecule has 0 aliphatic heterocycles. The summed E-state index contributed by atoms with van der Waals surface area (Å²) in [4.78, 5) is 0. The minimum atomic E-state index is -0.512. The van der Waals surface area contributed by atoms with Crippen LogP contribution in [0, 0.1) is 17.6 Å². The number of benzene rings is 1. The van der Waals surface area contributed by atoms with E-state index in [9.17, 15) is 8.78 Å². The lowest BCUT2D eigenvalue weighted by Gasteiger charge is -2.20. The van der Waals surface area contributed by atoms with Crippen LogP contribution in [-0.2, 0) is 0 Å². The molecule has 1 aromatic carbocycles. The van der Waals surface area contributed by atoms with Crippen LogP contribution in [0.15, 0.2) is 18.2 Å². The molecule has 2 atom stereocenters. The zero-order valence-corrected chi connectivity index (χ0v) is 12.2. The van der Waals surface area contributed by atoms with Crippen LogP contribution >= 0.6 is 0 Å². The van der Waals surface area contributed by atoms with Crippen LogP contribution in [0.4, 0.5) is 8.78 Å². The van der Waals surface area contributed by atoms with Gasteiger partial charge in [0, 0.05) is 12.1 Å². The normalized spacial score (nSPS) is 14.4. The van der Waals surface area contributed by atoms with E-state index >= 15 is 0 Å². The second-order valence-corrected chi connectivity index (χ2v) is 5.25. The van der Waals surface area contributed by atoms with Crippen molar-refractivity contribution >= 4 is 0 Å². The first kappa shape index (κ1) is 16.1. The van der Waals surface area contributed by atoms with Crippen LogP contribution < -0.4 is 5.32 Å². The molecule has 1 aromatic rings. The van der Waals surface area contributed by atoms with Crippen LogP contribution in [-0.4, -0.2) is 6.54 Å². The Bertz CT molecular complexity index is 359. The van der Waals surface area contributed by atoms with Gasteiger partial charge < -0.3 is 5.32 Å². The molecule has 0 aromatic heterocycles. The van der Waals surface area contributed by atoms with E-state index in [-0.39, 0.29) is 6.04 Å². The van der Waals surface area contributed by atoms with Gasteiger partial charge in [-0.1, -0.05) is 33.1 Å². The summed E-state index contributed by atoms with van der Waals surface area (Å²) in [5.74, 6) is -0.385. The van der Waals surface area contributed by atoms with Crippen LogP contribution in [0.5, 0.6) is 0 Å². The fourth-order valence-electron chi connectivity index (χ4n) is 2.23. The third-order valence-corrected chi connectivity index (χ3v) is 3.64. The molecule has 0 fully saturated rings. The van der Waals surface area contributed by atoms with Crippen molar-refractivity contribution in [2.24, 2.45) is 5.92 Å². The molecular weight excluding hydrogens is 244 g/mol. The summed E-state index contributed by atoms with van der Waals surface area (Å²) < 4.78 is 26.3. The van der Waals surface area contributed by atoms with Crippen molar-refractivity contribution in [3.05, 3.63) is 35.4 Å². The molecule has 2 unspecified atom stereocenters. The minimum Gasteiger partial charge on any atom is -0.310 e. The van der Waals surface area contributed by atoms with E-state index in [1.807, 2.05) is 6.92 Å². The van der Waals surface area contributed by atoms with E-state index in [1.54, 1.807) is 0 Å². The number of halogens is 2. The highest BCUT2D eigenvalue weighted by Crippen LogP contribution is 2.18. The van der Waals surface area contributed by atoms with Gasteiger partial charge in [-0.15, -0.1) is 0 Å². The number of unbranched alkanes of at least 4 members (excludes halogenated alkanes) is 1. The van der Waals surface area contributed by atoms with E-state index in [0.29, 0.717) is 11.5 Å². The number of hydrogen-bond acceptors (Lipinski definition) is 1. The average Bonchev–Trinajstić information content (AvgIpc) is 2.37. The van der Waals surface area contributed by atoms with Crippen molar-refractivity contribution in [1.29, 1.82) is 0 Å². The quantitative estimate of drug-likeness (QED) is 0.712. The zero-order chi connectivity index (χ0) is 14.3.